The van der Waals surface area contributed by atoms with Crippen molar-refractivity contribution in [1.29, 1.82) is 0 Å². The van der Waals surface area contributed by atoms with Crippen LogP contribution in [0.4, 0.5) is 0 Å². The third-order valence-electron chi connectivity index (χ3n) is 9.08. The summed E-state index contributed by atoms with van der Waals surface area (Å²) in [6.45, 7) is 3.91. The first-order valence-corrected chi connectivity index (χ1v) is 15.4. The lowest BCUT2D eigenvalue weighted by atomic mass is 9.83. The molecule has 3 saturated heterocycles. The summed E-state index contributed by atoms with van der Waals surface area (Å²) < 4.78 is 31.7. The number of rotatable bonds is 10. The summed E-state index contributed by atoms with van der Waals surface area (Å²) in [6.07, 6.45) is 26.5. The SMILES string of the molecule is CCCCC=C1C[C@@H]2[C@@H](/C=C/[C@@H](OC3CCCCO3)C3CCCCC3)[C@H](OC3CCCCO3)C[C@@H]2O1. The maximum atomic E-state index is 6.66. The second kappa shape index (κ2) is 13.8. The van der Waals surface area contributed by atoms with Gasteiger partial charge in [0.1, 0.15) is 6.10 Å². The number of hydrogen-bond donors (Lipinski definition) is 0. The monoisotopic (exact) mass is 502 g/mol. The zero-order chi connectivity index (χ0) is 24.6. The van der Waals surface area contributed by atoms with Crippen LogP contribution in [0.25, 0.3) is 0 Å². The van der Waals surface area contributed by atoms with Crippen molar-refractivity contribution in [3.8, 4) is 0 Å². The Kier molecular flexibility index (Phi) is 10.2. The minimum Gasteiger partial charge on any atom is -0.495 e. The van der Waals surface area contributed by atoms with Gasteiger partial charge in [0.25, 0.3) is 0 Å². The van der Waals surface area contributed by atoms with Gasteiger partial charge in [-0.15, -0.1) is 0 Å². The zero-order valence-electron chi connectivity index (χ0n) is 22.6. The molecule has 7 atom stereocenters. The molecule has 0 aromatic heterocycles. The van der Waals surface area contributed by atoms with Crippen LogP contribution in [0.5, 0.6) is 0 Å². The summed E-state index contributed by atoms with van der Waals surface area (Å²) in [5, 5.41) is 0. The average Bonchev–Trinajstić information content (AvgIpc) is 3.45. The first-order valence-electron chi connectivity index (χ1n) is 15.4. The molecule has 3 aliphatic heterocycles. The summed E-state index contributed by atoms with van der Waals surface area (Å²) in [5.74, 6) is 2.64. The van der Waals surface area contributed by atoms with Crippen molar-refractivity contribution >= 4 is 0 Å². The molecule has 2 unspecified atom stereocenters. The molecular formula is C31H50O5. The van der Waals surface area contributed by atoms with Crippen LogP contribution in [0.1, 0.15) is 110 Å². The Labute approximate surface area is 219 Å². The van der Waals surface area contributed by atoms with Crippen LogP contribution in [0.2, 0.25) is 0 Å². The maximum absolute atomic E-state index is 6.66. The van der Waals surface area contributed by atoms with E-state index in [1.165, 1.54) is 63.5 Å². The largest absolute Gasteiger partial charge is 0.495 e. The van der Waals surface area contributed by atoms with Crippen molar-refractivity contribution < 1.29 is 23.7 Å². The van der Waals surface area contributed by atoms with Crippen LogP contribution < -0.4 is 0 Å². The van der Waals surface area contributed by atoms with Crippen molar-refractivity contribution in [3.05, 3.63) is 24.0 Å². The fraction of sp³-hybridized carbons (Fsp3) is 0.871. The molecule has 5 fully saturated rings. The minimum atomic E-state index is -0.0564. The summed E-state index contributed by atoms with van der Waals surface area (Å²) in [4.78, 5) is 0. The van der Waals surface area contributed by atoms with Crippen molar-refractivity contribution in [3.63, 3.8) is 0 Å². The number of hydrogen-bond acceptors (Lipinski definition) is 5. The van der Waals surface area contributed by atoms with E-state index < -0.39 is 0 Å². The Morgan fingerprint density at radius 3 is 2.39 bits per heavy atom. The molecular weight excluding hydrogens is 452 g/mol. The zero-order valence-corrected chi connectivity index (χ0v) is 22.6. The Morgan fingerprint density at radius 2 is 1.67 bits per heavy atom. The highest BCUT2D eigenvalue weighted by Gasteiger charge is 2.49. The van der Waals surface area contributed by atoms with Gasteiger partial charge in [-0.1, -0.05) is 44.8 Å². The molecule has 0 spiro atoms. The Morgan fingerprint density at radius 1 is 0.917 bits per heavy atom. The van der Waals surface area contributed by atoms with E-state index in [0.29, 0.717) is 17.8 Å². The molecule has 0 amide bonds. The maximum Gasteiger partial charge on any atom is 0.158 e. The van der Waals surface area contributed by atoms with Gasteiger partial charge >= 0.3 is 0 Å². The van der Waals surface area contributed by atoms with Gasteiger partial charge in [-0.3, -0.25) is 0 Å². The third kappa shape index (κ3) is 7.15. The van der Waals surface area contributed by atoms with E-state index in [9.17, 15) is 0 Å². The number of ether oxygens (including phenoxy) is 5. The van der Waals surface area contributed by atoms with Crippen molar-refractivity contribution in [2.75, 3.05) is 13.2 Å². The second-order valence-corrected chi connectivity index (χ2v) is 11.8. The smallest absolute Gasteiger partial charge is 0.158 e. The molecule has 5 aliphatic rings. The van der Waals surface area contributed by atoms with Crippen LogP contribution in [0.15, 0.2) is 24.0 Å². The van der Waals surface area contributed by atoms with Gasteiger partial charge in [-0.05, 0) is 76.2 Å². The number of allylic oxidation sites excluding steroid dienone is 2. The van der Waals surface area contributed by atoms with Crippen molar-refractivity contribution in [1.82, 2.24) is 0 Å². The van der Waals surface area contributed by atoms with E-state index in [0.717, 1.165) is 58.2 Å². The molecule has 204 valence electrons. The van der Waals surface area contributed by atoms with Gasteiger partial charge in [0.05, 0.1) is 18.0 Å². The van der Waals surface area contributed by atoms with Crippen molar-refractivity contribution in [2.24, 2.45) is 17.8 Å². The molecule has 0 N–H and O–H groups in total. The fourth-order valence-corrected chi connectivity index (χ4v) is 7.00. The molecule has 5 rings (SSSR count). The van der Waals surface area contributed by atoms with E-state index in [1.807, 2.05) is 0 Å². The van der Waals surface area contributed by atoms with E-state index in [1.54, 1.807) is 0 Å². The molecule has 0 bridgehead atoms. The highest BCUT2D eigenvalue weighted by molar-refractivity contribution is 5.14. The van der Waals surface area contributed by atoms with Crippen molar-refractivity contribution in [2.45, 2.75) is 141 Å². The lowest BCUT2D eigenvalue weighted by Crippen LogP contribution is -2.33. The first kappa shape index (κ1) is 26.7. The van der Waals surface area contributed by atoms with E-state index in [4.69, 9.17) is 23.7 Å². The molecule has 0 radical (unpaired) electrons. The molecule has 0 aromatic carbocycles. The highest BCUT2D eigenvalue weighted by Crippen LogP contribution is 2.47. The third-order valence-corrected chi connectivity index (χ3v) is 9.08. The van der Waals surface area contributed by atoms with Crippen LogP contribution >= 0.6 is 0 Å². The number of fused-ring (bicyclic) bond motifs is 1. The molecule has 5 nitrogen and oxygen atoms in total. The van der Waals surface area contributed by atoms with E-state index in [2.05, 4.69) is 25.2 Å². The van der Waals surface area contributed by atoms with Crippen LogP contribution in [0.3, 0.4) is 0 Å². The van der Waals surface area contributed by atoms with Crippen LogP contribution in [-0.4, -0.2) is 44.1 Å². The van der Waals surface area contributed by atoms with Gasteiger partial charge in [0.2, 0.25) is 0 Å². The van der Waals surface area contributed by atoms with Gasteiger partial charge in [0, 0.05) is 37.9 Å². The first-order chi connectivity index (χ1) is 17.8. The highest BCUT2D eigenvalue weighted by atomic mass is 16.7. The van der Waals surface area contributed by atoms with Crippen LogP contribution in [0, 0.1) is 17.8 Å². The summed E-state index contributed by atoms with van der Waals surface area (Å²) in [5.41, 5.74) is 0. The quantitative estimate of drug-likeness (QED) is 0.229. The van der Waals surface area contributed by atoms with Gasteiger partial charge < -0.3 is 23.7 Å². The topological polar surface area (TPSA) is 46.2 Å². The minimum absolute atomic E-state index is 0.0442. The molecule has 3 heterocycles. The van der Waals surface area contributed by atoms with E-state index in [-0.39, 0.29) is 30.9 Å². The predicted molar refractivity (Wildman–Crippen MR) is 141 cm³/mol. The van der Waals surface area contributed by atoms with Gasteiger partial charge in [-0.2, -0.15) is 0 Å². The molecule has 2 aliphatic carbocycles. The Bertz CT molecular complexity index is 702. The summed E-state index contributed by atoms with van der Waals surface area (Å²) >= 11 is 0. The normalized spacial score (nSPS) is 37.9. The summed E-state index contributed by atoms with van der Waals surface area (Å²) in [6, 6.07) is 0. The Hall–Kier alpha value is -0.880. The molecule has 5 heteroatoms. The average molecular weight is 503 g/mol. The second-order valence-electron chi connectivity index (χ2n) is 11.8. The summed E-state index contributed by atoms with van der Waals surface area (Å²) in [7, 11) is 0. The standard InChI is InChI=1S/C31H50O5/c1-2-3-5-14-24-21-26-25(28(22-29(26)34-24)36-31-16-9-11-20-33-31)17-18-27(23-12-6-4-7-13-23)35-30-15-8-10-19-32-30/h14,17-18,23,25-31H,2-13,15-16,19-22H2,1H3/b18-17+,24-14?/t25-,26-,27-,28-,29+,30?,31?/m1/s1. The molecule has 0 aromatic rings. The van der Waals surface area contributed by atoms with Crippen LogP contribution in [-0.2, 0) is 23.7 Å². The molecule has 2 saturated carbocycles. The Balaban J connectivity index is 1.30. The van der Waals surface area contributed by atoms with E-state index >= 15 is 0 Å². The fourth-order valence-electron chi connectivity index (χ4n) is 7.00. The molecule has 36 heavy (non-hydrogen) atoms. The van der Waals surface area contributed by atoms with Gasteiger partial charge in [-0.25, -0.2) is 0 Å². The number of unbranched alkanes of at least 4 members (excludes halogenated alkanes) is 2. The lowest BCUT2D eigenvalue weighted by Gasteiger charge is -2.33. The van der Waals surface area contributed by atoms with Gasteiger partial charge in [0.15, 0.2) is 12.6 Å². The lowest BCUT2D eigenvalue weighted by molar-refractivity contribution is -0.194. The predicted octanol–water partition coefficient (Wildman–Crippen LogP) is 7.45.